The van der Waals surface area contributed by atoms with Crippen molar-refractivity contribution in [2.75, 3.05) is 6.61 Å². The minimum absolute atomic E-state index is 0.727. The highest BCUT2D eigenvalue weighted by atomic mass is 16.3. The molecule has 0 radical (unpaired) electrons. The minimum atomic E-state index is -0.866. The van der Waals surface area contributed by atoms with Crippen LogP contribution in [0.25, 0.3) is 0 Å². The Balaban J connectivity index is 3.58. The summed E-state index contributed by atoms with van der Waals surface area (Å²) in [5.74, 6) is -0.866. The van der Waals surface area contributed by atoms with Gasteiger partial charge >= 0.3 is 0 Å². The Labute approximate surface area is 39.5 Å². The number of aliphatic hydroxyl groups is 1. The molecule has 0 aliphatic carbocycles. The molecule has 0 fully saturated rings. The fourth-order valence-electron chi connectivity index (χ4n) is 0.0863. The van der Waals surface area contributed by atoms with Gasteiger partial charge in [0.05, 0.1) is 0 Å². The van der Waals surface area contributed by atoms with E-state index in [0.29, 0.717) is 0 Å². The van der Waals surface area contributed by atoms with Crippen molar-refractivity contribution < 1.29 is 14.7 Å². The maximum atomic E-state index is 9.73. The largest absolute Gasteiger partial charge is 0.386 e. The molecule has 0 aliphatic heterocycles. The lowest BCUT2D eigenvalue weighted by Gasteiger charge is -1.73. The van der Waals surface area contributed by atoms with Crippen LogP contribution in [-0.4, -0.2) is 23.7 Å². The molecule has 0 aromatic carbocycles. The quantitative estimate of drug-likeness (QED) is 0.334. The topological polar surface area (TPSA) is 66.7 Å². The first kappa shape index (κ1) is 6.01. The van der Waals surface area contributed by atoms with Gasteiger partial charge in [-0.05, 0) is 0 Å². The zero-order chi connectivity index (χ0) is 5.70. The first-order valence-corrected chi connectivity index (χ1v) is 1.53. The van der Waals surface area contributed by atoms with Gasteiger partial charge in [0.15, 0.2) is 0 Å². The summed E-state index contributed by atoms with van der Waals surface area (Å²) in [6, 6.07) is 0. The number of hydrogen-bond donors (Lipinski definition) is 1. The number of amides is 1. The maximum Gasteiger partial charge on any atom is 0.282 e. The number of isocyanates is 1. The van der Waals surface area contributed by atoms with Gasteiger partial charge in [0.2, 0.25) is 6.08 Å². The molecule has 0 heterocycles. The van der Waals surface area contributed by atoms with Gasteiger partial charge in [-0.1, -0.05) is 0 Å². The maximum absolute atomic E-state index is 9.73. The molecule has 0 aromatic heterocycles. The molecular weight excluding hydrogens is 98.0 g/mol. The van der Waals surface area contributed by atoms with Crippen LogP contribution >= 0.6 is 0 Å². The lowest BCUT2D eigenvalue weighted by molar-refractivity contribution is -0.120. The van der Waals surface area contributed by atoms with E-state index in [1.54, 1.807) is 0 Å². The second-order valence-corrected chi connectivity index (χ2v) is 0.755. The fourth-order valence-corrected chi connectivity index (χ4v) is 0.0863. The smallest absolute Gasteiger partial charge is 0.282 e. The minimum Gasteiger partial charge on any atom is -0.386 e. The van der Waals surface area contributed by atoms with Crippen LogP contribution in [0.15, 0.2) is 4.99 Å². The van der Waals surface area contributed by atoms with Crippen LogP contribution in [0.3, 0.4) is 0 Å². The van der Waals surface area contributed by atoms with Crippen LogP contribution in [-0.2, 0) is 9.59 Å². The fraction of sp³-hybridized carbons (Fsp3) is 0.333. The van der Waals surface area contributed by atoms with E-state index >= 15 is 0 Å². The SMILES string of the molecule is O=C=NC(=O)CO. The van der Waals surface area contributed by atoms with Gasteiger partial charge in [0.25, 0.3) is 5.91 Å². The van der Waals surface area contributed by atoms with Gasteiger partial charge in [0.1, 0.15) is 6.61 Å². The predicted octanol–water partition coefficient (Wildman–Crippen LogP) is -1.16. The predicted molar refractivity (Wildman–Crippen MR) is 20.2 cm³/mol. The number of aliphatic hydroxyl groups excluding tert-OH is 1. The van der Waals surface area contributed by atoms with Crippen molar-refractivity contribution in [3.05, 3.63) is 0 Å². The number of nitrogens with zero attached hydrogens (tertiary/aromatic N) is 1. The summed E-state index contributed by atoms with van der Waals surface area (Å²) in [6.07, 6.45) is 0.984. The molecule has 0 saturated heterocycles. The molecule has 7 heavy (non-hydrogen) atoms. The number of carbonyl (C=O) groups excluding carboxylic acids is 2. The molecule has 0 unspecified atom stereocenters. The van der Waals surface area contributed by atoms with Crippen LogP contribution in [0.4, 0.5) is 0 Å². The van der Waals surface area contributed by atoms with E-state index in [1.165, 1.54) is 0 Å². The molecular formula is C3H3NO3. The zero-order valence-electron chi connectivity index (χ0n) is 3.42. The van der Waals surface area contributed by atoms with Crippen LogP contribution in [0.1, 0.15) is 0 Å². The van der Waals surface area contributed by atoms with Gasteiger partial charge in [0, 0.05) is 0 Å². The van der Waals surface area contributed by atoms with Crippen LogP contribution in [0, 0.1) is 0 Å². The summed E-state index contributed by atoms with van der Waals surface area (Å²) in [5, 5.41) is 7.84. The van der Waals surface area contributed by atoms with Crippen molar-refractivity contribution in [2.45, 2.75) is 0 Å². The molecule has 0 atom stereocenters. The Bertz CT molecular complexity index is 113. The third-order valence-electron chi connectivity index (χ3n) is 0.306. The second-order valence-electron chi connectivity index (χ2n) is 0.755. The van der Waals surface area contributed by atoms with Crippen molar-refractivity contribution in [3.63, 3.8) is 0 Å². The third kappa shape index (κ3) is 2.82. The summed E-state index contributed by atoms with van der Waals surface area (Å²) < 4.78 is 0. The summed E-state index contributed by atoms with van der Waals surface area (Å²) >= 11 is 0. The molecule has 4 heteroatoms. The Hall–Kier alpha value is -0.990. The van der Waals surface area contributed by atoms with Crippen molar-refractivity contribution in [2.24, 2.45) is 4.99 Å². The van der Waals surface area contributed by atoms with Crippen LogP contribution in [0.5, 0.6) is 0 Å². The number of carbonyl (C=O) groups is 1. The highest BCUT2D eigenvalue weighted by Crippen LogP contribution is 1.64. The molecule has 0 aliphatic rings. The summed E-state index contributed by atoms with van der Waals surface area (Å²) in [4.78, 5) is 21.4. The van der Waals surface area contributed by atoms with Gasteiger partial charge in [-0.2, -0.15) is 0 Å². The van der Waals surface area contributed by atoms with E-state index in [1.807, 2.05) is 0 Å². The summed E-state index contributed by atoms with van der Waals surface area (Å²) in [6.45, 7) is -0.727. The Morgan fingerprint density at radius 2 is 2.43 bits per heavy atom. The van der Waals surface area contributed by atoms with Crippen LogP contribution < -0.4 is 0 Å². The third-order valence-corrected chi connectivity index (χ3v) is 0.306. The van der Waals surface area contributed by atoms with Crippen molar-refractivity contribution in [3.8, 4) is 0 Å². The molecule has 0 spiro atoms. The molecule has 0 bridgehead atoms. The number of hydrogen-bond acceptors (Lipinski definition) is 3. The molecule has 0 rings (SSSR count). The average Bonchev–Trinajstić information content (AvgIpc) is 1.68. The molecule has 1 amide bonds. The molecule has 0 aromatic rings. The van der Waals surface area contributed by atoms with Gasteiger partial charge in [-0.3, -0.25) is 4.79 Å². The molecule has 1 N–H and O–H groups in total. The first-order chi connectivity index (χ1) is 3.31. The summed E-state index contributed by atoms with van der Waals surface area (Å²) in [5.41, 5.74) is 0. The van der Waals surface area contributed by atoms with Crippen molar-refractivity contribution >= 4 is 12.0 Å². The van der Waals surface area contributed by atoms with Gasteiger partial charge in [-0.25, -0.2) is 4.79 Å². The highest BCUT2D eigenvalue weighted by Gasteiger charge is 1.88. The molecule has 4 nitrogen and oxygen atoms in total. The number of aliphatic imine (C=N–C) groups is 1. The standard InChI is InChI=1S/C3H3NO3/c5-1-3(7)4-2-6/h5H,1H2. The van der Waals surface area contributed by atoms with E-state index in [4.69, 9.17) is 9.90 Å². The van der Waals surface area contributed by atoms with E-state index in [-0.39, 0.29) is 0 Å². The van der Waals surface area contributed by atoms with E-state index in [9.17, 15) is 4.79 Å². The van der Waals surface area contributed by atoms with Gasteiger partial charge in [-0.15, -0.1) is 4.99 Å². The van der Waals surface area contributed by atoms with Crippen molar-refractivity contribution in [1.29, 1.82) is 0 Å². The first-order valence-electron chi connectivity index (χ1n) is 1.53. The molecule has 38 valence electrons. The zero-order valence-corrected chi connectivity index (χ0v) is 3.42. The van der Waals surface area contributed by atoms with E-state index < -0.39 is 12.5 Å². The summed E-state index contributed by atoms with van der Waals surface area (Å²) in [7, 11) is 0. The Kier molecular flexibility index (Phi) is 2.76. The van der Waals surface area contributed by atoms with Crippen molar-refractivity contribution in [1.82, 2.24) is 0 Å². The lowest BCUT2D eigenvalue weighted by atomic mass is 10.7. The highest BCUT2D eigenvalue weighted by molar-refractivity contribution is 5.82. The molecule has 0 saturated carbocycles. The lowest BCUT2D eigenvalue weighted by Crippen LogP contribution is -1.97. The number of rotatable bonds is 1. The van der Waals surface area contributed by atoms with E-state index in [0.717, 1.165) is 6.08 Å². The second kappa shape index (κ2) is 3.21. The monoisotopic (exact) mass is 101 g/mol. The average molecular weight is 101 g/mol. The van der Waals surface area contributed by atoms with Crippen LogP contribution in [0.2, 0.25) is 0 Å². The Morgan fingerprint density at radius 3 is 2.57 bits per heavy atom. The Morgan fingerprint density at radius 1 is 1.86 bits per heavy atom. The normalized spacial score (nSPS) is 7.00. The van der Waals surface area contributed by atoms with Gasteiger partial charge < -0.3 is 5.11 Å². The van der Waals surface area contributed by atoms with E-state index in [2.05, 4.69) is 4.99 Å².